The number of piperidine rings is 2. The lowest BCUT2D eigenvalue weighted by atomic mass is 9.97. The highest BCUT2D eigenvalue weighted by molar-refractivity contribution is 5.79. The van der Waals surface area contributed by atoms with E-state index >= 15 is 0 Å². The van der Waals surface area contributed by atoms with Crippen LogP contribution in [0, 0.1) is 5.92 Å². The van der Waals surface area contributed by atoms with Crippen LogP contribution in [0.4, 0.5) is 0 Å². The second-order valence-corrected chi connectivity index (χ2v) is 6.02. The number of nitrogens with zero attached hydrogens (tertiary/aromatic N) is 1. The van der Waals surface area contributed by atoms with E-state index in [4.69, 9.17) is 0 Å². The van der Waals surface area contributed by atoms with Gasteiger partial charge in [-0.3, -0.25) is 4.79 Å². The van der Waals surface area contributed by atoms with Gasteiger partial charge < -0.3 is 15.5 Å². The molecule has 2 saturated heterocycles. The van der Waals surface area contributed by atoms with E-state index in [1.807, 2.05) is 0 Å². The number of unbranched alkanes of at least 4 members (excludes halogenated alkanes) is 1. The van der Waals surface area contributed by atoms with Gasteiger partial charge in [0, 0.05) is 25.7 Å². The molecular weight excluding hydrogens is 238 g/mol. The first-order valence-electron chi connectivity index (χ1n) is 8.03. The maximum Gasteiger partial charge on any atom is 0.224 e. The van der Waals surface area contributed by atoms with Crippen LogP contribution in [-0.2, 0) is 4.79 Å². The van der Waals surface area contributed by atoms with Crippen LogP contribution >= 0.6 is 0 Å². The summed E-state index contributed by atoms with van der Waals surface area (Å²) in [5.41, 5.74) is 0. The van der Waals surface area contributed by atoms with E-state index in [1.54, 1.807) is 0 Å². The summed E-state index contributed by atoms with van der Waals surface area (Å²) >= 11 is 0. The molecule has 2 fully saturated rings. The molecule has 19 heavy (non-hydrogen) atoms. The van der Waals surface area contributed by atoms with Crippen LogP contribution in [0.5, 0.6) is 0 Å². The zero-order chi connectivity index (χ0) is 13.5. The first-order valence-corrected chi connectivity index (χ1v) is 8.03. The summed E-state index contributed by atoms with van der Waals surface area (Å²) in [6, 6.07) is 0.410. The van der Waals surface area contributed by atoms with Crippen LogP contribution < -0.4 is 10.6 Å². The first-order chi connectivity index (χ1) is 9.29. The molecule has 2 aliphatic heterocycles. The molecule has 0 aromatic rings. The molecule has 0 radical (unpaired) electrons. The van der Waals surface area contributed by atoms with Crippen LogP contribution in [0.2, 0.25) is 0 Å². The number of amides is 1. The number of hydrogen-bond donors (Lipinski definition) is 2. The summed E-state index contributed by atoms with van der Waals surface area (Å²) in [5.74, 6) is 0.478. The molecule has 2 N–H and O–H groups in total. The number of carbonyl (C=O) groups excluding carboxylic acids is 1. The zero-order valence-corrected chi connectivity index (χ0v) is 12.3. The minimum absolute atomic E-state index is 0.201. The summed E-state index contributed by atoms with van der Waals surface area (Å²) in [4.78, 5) is 14.7. The normalized spacial score (nSPS) is 26.3. The molecular formula is C15H29N3O. The monoisotopic (exact) mass is 267 g/mol. The number of hydrogen-bond acceptors (Lipinski definition) is 3. The molecule has 0 saturated carbocycles. The van der Waals surface area contributed by atoms with Crippen LogP contribution in [-0.4, -0.2) is 49.6 Å². The number of rotatable bonds is 5. The second-order valence-electron chi connectivity index (χ2n) is 6.02. The van der Waals surface area contributed by atoms with Crippen LogP contribution in [0.25, 0.3) is 0 Å². The third kappa shape index (κ3) is 4.77. The summed E-state index contributed by atoms with van der Waals surface area (Å²) in [7, 11) is 0. The van der Waals surface area contributed by atoms with Crippen molar-refractivity contribution >= 4 is 5.91 Å². The van der Waals surface area contributed by atoms with Gasteiger partial charge in [-0.15, -0.1) is 0 Å². The lowest BCUT2D eigenvalue weighted by Gasteiger charge is -2.33. The van der Waals surface area contributed by atoms with E-state index in [0.29, 0.717) is 6.04 Å². The Morgan fingerprint density at radius 3 is 2.74 bits per heavy atom. The van der Waals surface area contributed by atoms with Crippen molar-refractivity contribution in [3.05, 3.63) is 0 Å². The van der Waals surface area contributed by atoms with Gasteiger partial charge in [-0.2, -0.15) is 0 Å². The predicted molar refractivity (Wildman–Crippen MR) is 78.1 cm³/mol. The highest BCUT2D eigenvalue weighted by atomic mass is 16.2. The molecule has 1 unspecified atom stereocenters. The molecule has 4 heteroatoms. The molecule has 0 aromatic heterocycles. The van der Waals surface area contributed by atoms with Crippen molar-refractivity contribution in [3.8, 4) is 0 Å². The van der Waals surface area contributed by atoms with Crippen molar-refractivity contribution < 1.29 is 4.79 Å². The molecule has 4 nitrogen and oxygen atoms in total. The minimum Gasteiger partial charge on any atom is -0.353 e. The molecule has 0 bridgehead atoms. The Balaban J connectivity index is 1.65. The zero-order valence-electron chi connectivity index (χ0n) is 12.3. The smallest absolute Gasteiger partial charge is 0.224 e. The number of carbonyl (C=O) groups is 1. The Morgan fingerprint density at radius 2 is 2.11 bits per heavy atom. The van der Waals surface area contributed by atoms with E-state index in [1.165, 1.54) is 19.4 Å². The number of nitrogens with one attached hydrogen (secondary N) is 2. The molecule has 0 spiro atoms. The first kappa shape index (κ1) is 14.8. The van der Waals surface area contributed by atoms with E-state index < -0.39 is 0 Å². The summed E-state index contributed by atoms with van der Waals surface area (Å²) in [6.45, 7) is 7.69. The van der Waals surface area contributed by atoms with Gasteiger partial charge in [0.05, 0.1) is 5.92 Å². The van der Waals surface area contributed by atoms with Crippen LogP contribution in [0.1, 0.15) is 45.4 Å². The Hall–Kier alpha value is -0.610. The fraction of sp³-hybridized carbons (Fsp3) is 0.933. The average Bonchev–Trinajstić information content (AvgIpc) is 2.47. The SMILES string of the molecule is CCCCN1CCC(NC(=O)C2CCCNC2)CC1. The summed E-state index contributed by atoms with van der Waals surface area (Å²) < 4.78 is 0. The highest BCUT2D eigenvalue weighted by Gasteiger charge is 2.25. The summed E-state index contributed by atoms with van der Waals surface area (Å²) in [6.07, 6.45) is 6.99. The third-order valence-corrected chi connectivity index (χ3v) is 4.43. The summed E-state index contributed by atoms with van der Waals surface area (Å²) in [5, 5.41) is 6.57. The van der Waals surface area contributed by atoms with E-state index in [-0.39, 0.29) is 11.8 Å². The maximum atomic E-state index is 12.2. The van der Waals surface area contributed by atoms with Gasteiger partial charge in [0.15, 0.2) is 0 Å². The second kappa shape index (κ2) is 7.85. The standard InChI is InChI=1S/C15H29N3O/c1-2-3-9-18-10-6-14(7-11-18)17-15(19)13-5-4-8-16-12-13/h13-14,16H,2-12H2,1H3,(H,17,19). The van der Waals surface area contributed by atoms with Crippen molar-refractivity contribution in [3.63, 3.8) is 0 Å². The fourth-order valence-electron chi connectivity index (χ4n) is 3.08. The Kier molecular flexibility index (Phi) is 6.11. The molecule has 2 rings (SSSR count). The van der Waals surface area contributed by atoms with Gasteiger partial charge in [-0.1, -0.05) is 13.3 Å². The van der Waals surface area contributed by atoms with Gasteiger partial charge in [0.2, 0.25) is 5.91 Å². The maximum absolute atomic E-state index is 12.2. The minimum atomic E-state index is 0.201. The highest BCUT2D eigenvalue weighted by Crippen LogP contribution is 2.14. The van der Waals surface area contributed by atoms with Crippen molar-refractivity contribution in [1.82, 2.24) is 15.5 Å². The average molecular weight is 267 g/mol. The lowest BCUT2D eigenvalue weighted by Crippen LogP contribution is -2.48. The Labute approximate surface area is 117 Å². The van der Waals surface area contributed by atoms with Crippen molar-refractivity contribution in [1.29, 1.82) is 0 Å². The fourth-order valence-corrected chi connectivity index (χ4v) is 3.08. The van der Waals surface area contributed by atoms with Crippen molar-refractivity contribution in [2.45, 2.75) is 51.5 Å². The molecule has 2 aliphatic rings. The van der Waals surface area contributed by atoms with Crippen molar-refractivity contribution in [2.75, 3.05) is 32.7 Å². The van der Waals surface area contributed by atoms with Crippen LogP contribution in [0.3, 0.4) is 0 Å². The molecule has 2 heterocycles. The Bertz CT molecular complexity index is 269. The Morgan fingerprint density at radius 1 is 1.32 bits per heavy atom. The predicted octanol–water partition coefficient (Wildman–Crippen LogP) is 1.37. The topological polar surface area (TPSA) is 44.4 Å². The molecule has 1 atom stereocenters. The van der Waals surface area contributed by atoms with Gasteiger partial charge in [0.25, 0.3) is 0 Å². The van der Waals surface area contributed by atoms with E-state index in [2.05, 4.69) is 22.5 Å². The van der Waals surface area contributed by atoms with Gasteiger partial charge in [-0.25, -0.2) is 0 Å². The largest absolute Gasteiger partial charge is 0.353 e. The van der Waals surface area contributed by atoms with E-state index in [9.17, 15) is 4.79 Å². The van der Waals surface area contributed by atoms with Crippen molar-refractivity contribution in [2.24, 2.45) is 5.92 Å². The quantitative estimate of drug-likeness (QED) is 0.791. The van der Waals surface area contributed by atoms with Crippen LogP contribution in [0.15, 0.2) is 0 Å². The van der Waals surface area contributed by atoms with Gasteiger partial charge in [-0.05, 0) is 45.2 Å². The number of likely N-dealkylation sites (tertiary alicyclic amines) is 1. The third-order valence-electron chi connectivity index (χ3n) is 4.43. The lowest BCUT2D eigenvalue weighted by molar-refractivity contribution is -0.126. The van der Waals surface area contributed by atoms with E-state index in [0.717, 1.165) is 51.9 Å². The molecule has 0 aliphatic carbocycles. The molecule has 110 valence electrons. The van der Waals surface area contributed by atoms with Gasteiger partial charge in [0.1, 0.15) is 0 Å². The molecule has 0 aromatic carbocycles. The molecule has 1 amide bonds. The van der Waals surface area contributed by atoms with Gasteiger partial charge >= 0.3 is 0 Å².